The van der Waals surface area contributed by atoms with Crippen LogP contribution in [0, 0.1) is 0 Å². The van der Waals surface area contributed by atoms with Crippen molar-refractivity contribution in [1.29, 1.82) is 0 Å². The number of halogens is 1. The molecule has 1 saturated heterocycles. The van der Waals surface area contributed by atoms with Gasteiger partial charge in [0.15, 0.2) is 0 Å². The number of aromatic amines is 1. The molecule has 6 rings (SSSR count). The molecule has 4 aromatic heterocycles. The van der Waals surface area contributed by atoms with Crippen LogP contribution in [0.25, 0.3) is 38.9 Å². The third-order valence-corrected chi connectivity index (χ3v) is 6.41. The van der Waals surface area contributed by atoms with Crippen molar-refractivity contribution in [2.75, 3.05) is 13.1 Å². The standard InChI is InChI=1S/C23H20ClN7O/c24-18-3-1-2-4-20(18)30-13-27-21-16-9-19(29-22(16)26-11-17(21)23(30)32)14-10-28-31(12-14)15-5-7-25-8-6-15/h1-4,9-13,15,25H,5-8H2,(H,26,29). The minimum absolute atomic E-state index is 0.209. The van der Waals surface area contributed by atoms with Crippen molar-refractivity contribution in [2.24, 2.45) is 0 Å². The highest BCUT2D eigenvalue weighted by Gasteiger charge is 2.18. The van der Waals surface area contributed by atoms with Gasteiger partial charge in [-0.15, -0.1) is 0 Å². The van der Waals surface area contributed by atoms with Crippen molar-refractivity contribution in [3.63, 3.8) is 0 Å². The lowest BCUT2D eigenvalue weighted by molar-refractivity contribution is 0.343. The van der Waals surface area contributed by atoms with Gasteiger partial charge in [0.25, 0.3) is 5.56 Å². The maximum atomic E-state index is 13.2. The Kier molecular flexibility index (Phi) is 4.55. The van der Waals surface area contributed by atoms with Gasteiger partial charge < -0.3 is 10.3 Å². The highest BCUT2D eigenvalue weighted by atomic mass is 35.5. The van der Waals surface area contributed by atoms with Crippen molar-refractivity contribution in [3.05, 3.63) is 70.6 Å². The average Bonchev–Trinajstić information content (AvgIpc) is 3.48. The molecule has 0 bridgehead atoms. The molecule has 0 amide bonds. The summed E-state index contributed by atoms with van der Waals surface area (Å²) in [7, 11) is 0. The smallest absolute Gasteiger partial charge is 0.267 e. The lowest BCUT2D eigenvalue weighted by atomic mass is 10.1. The number of nitrogens with zero attached hydrogens (tertiary/aromatic N) is 5. The molecule has 0 spiro atoms. The molecule has 2 N–H and O–H groups in total. The number of rotatable bonds is 3. The SMILES string of the molecule is O=c1c2cnc3[nH]c(-c4cnn(C5CCNCC5)c4)cc3c2ncn1-c1ccccc1Cl. The minimum Gasteiger partial charge on any atom is -0.339 e. The second-order valence-corrected chi connectivity index (χ2v) is 8.43. The topological polar surface area (TPSA) is 93.4 Å². The van der Waals surface area contributed by atoms with E-state index in [4.69, 9.17) is 11.6 Å². The van der Waals surface area contributed by atoms with E-state index in [1.165, 1.54) is 10.9 Å². The van der Waals surface area contributed by atoms with Crippen molar-refractivity contribution >= 4 is 33.5 Å². The summed E-state index contributed by atoms with van der Waals surface area (Å²) < 4.78 is 3.50. The van der Waals surface area contributed by atoms with E-state index < -0.39 is 0 Å². The molecule has 0 atom stereocenters. The van der Waals surface area contributed by atoms with Gasteiger partial charge in [0.1, 0.15) is 12.0 Å². The van der Waals surface area contributed by atoms with Gasteiger partial charge in [-0.1, -0.05) is 23.7 Å². The van der Waals surface area contributed by atoms with Gasteiger partial charge in [-0.2, -0.15) is 5.10 Å². The van der Waals surface area contributed by atoms with E-state index in [2.05, 4.69) is 31.6 Å². The summed E-state index contributed by atoms with van der Waals surface area (Å²) in [4.78, 5) is 25.6. The number of hydrogen-bond acceptors (Lipinski definition) is 5. The number of pyridine rings is 1. The number of para-hydroxylation sites is 1. The van der Waals surface area contributed by atoms with Crippen molar-refractivity contribution in [3.8, 4) is 16.9 Å². The molecule has 8 nitrogen and oxygen atoms in total. The molecule has 1 aliphatic heterocycles. The number of hydrogen-bond donors (Lipinski definition) is 2. The summed E-state index contributed by atoms with van der Waals surface area (Å²) in [6.45, 7) is 2.03. The zero-order valence-corrected chi connectivity index (χ0v) is 17.9. The monoisotopic (exact) mass is 445 g/mol. The van der Waals surface area contributed by atoms with Crippen molar-refractivity contribution in [2.45, 2.75) is 18.9 Å². The van der Waals surface area contributed by atoms with Gasteiger partial charge in [-0.3, -0.25) is 14.0 Å². The van der Waals surface area contributed by atoms with Crippen LogP contribution in [-0.4, -0.2) is 42.4 Å². The van der Waals surface area contributed by atoms with Gasteiger partial charge in [-0.25, -0.2) is 9.97 Å². The van der Waals surface area contributed by atoms with Crippen LogP contribution in [-0.2, 0) is 0 Å². The first kappa shape index (κ1) is 19.2. The number of piperidine rings is 1. The highest BCUT2D eigenvalue weighted by molar-refractivity contribution is 6.32. The average molecular weight is 446 g/mol. The predicted molar refractivity (Wildman–Crippen MR) is 124 cm³/mol. The fourth-order valence-corrected chi connectivity index (χ4v) is 4.60. The first-order chi connectivity index (χ1) is 15.7. The molecule has 32 heavy (non-hydrogen) atoms. The Bertz CT molecular complexity index is 1510. The third-order valence-electron chi connectivity index (χ3n) is 6.09. The van der Waals surface area contributed by atoms with E-state index in [1.54, 1.807) is 18.3 Å². The van der Waals surface area contributed by atoms with Crippen LogP contribution >= 0.6 is 11.6 Å². The van der Waals surface area contributed by atoms with E-state index in [9.17, 15) is 4.79 Å². The van der Waals surface area contributed by atoms with Crippen LogP contribution in [0.2, 0.25) is 5.02 Å². The van der Waals surface area contributed by atoms with Crippen LogP contribution in [0.3, 0.4) is 0 Å². The molecule has 160 valence electrons. The molecule has 1 aromatic carbocycles. The third kappa shape index (κ3) is 3.11. The van der Waals surface area contributed by atoms with Crippen LogP contribution in [0.4, 0.5) is 0 Å². The molecule has 0 radical (unpaired) electrons. The Balaban J connectivity index is 1.43. The van der Waals surface area contributed by atoms with Gasteiger partial charge in [-0.05, 0) is 44.1 Å². The number of fused-ring (bicyclic) bond motifs is 3. The minimum atomic E-state index is -0.209. The Morgan fingerprint density at radius 3 is 2.75 bits per heavy atom. The predicted octanol–water partition coefficient (Wildman–Crippen LogP) is 3.70. The Morgan fingerprint density at radius 1 is 1.06 bits per heavy atom. The molecular formula is C23H20ClN7O. The number of aromatic nitrogens is 6. The first-order valence-electron chi connectivity index (χ1n) is 10.6. The summed E-state index contributed by atoms with van der Waals surface area (Å²) in [6, 6.07) is 9.60. The van der Waals surface area contributed by atoms with Crippen LogP contribution in [0.5, 0.6) is 0 Å². The lowest BCUT2D eigenvalue weighted by Crippen LogP contribution is -2.29. The summed E-state index contributed by atoms with van der Waals surface area (Å²) in [6.07, 6.45) is 9.17. The summed E-state index contributed by atoms with van der Waals surface area (Å²) in [5.41, 5.74) is 3.56. The van der Waals surface area contributed by atoms with Gasteiger partial charge in [0.2, 0.25) is 0 Å². The van der Waals surface area contributed by atoms with Crippen molar-refractivity contribution in [1.82, 2.24) is 34.6 Å². The van der Waals surface area contributed by atoms with Crippen LogP contribution < -0.4 is 10.9 Å². The number of H-pyrrole nitrogens is 1. The highest BCUT2D eigenvalue weighted by Crippen LogP contribution is 2.28. The molecule has 5 heterocycles. The largest absolute Gasteiger partial charge is 0.339 e. The van der Waals surface area contributed by atoms with Gasteiger partial charge in [0, 0.05) is 23.3 Å². The Morgan fingerprint density at radius 2 is 1.91 bits per heavy atom. The number of benzene rings is 1. The molecule has 5 aromatic rings. The first-order valence-corrected chi connectivity index (χ1v) is 11.0. The van der Waals surface area contributed by atoms with Gasteiger partial charge >= 0.3 is 0 Å². The van der Waals surface area contributed by atoms with Crippen LogP contribution in [0.15, 0.2) is 60.0 Å². The maximum absolute atomic E-state index is 13.2. The molecule has 9 heteroatoms. The van der Waals surface area contributed by atoms with Crippen LogP contribution in [0.1, 0.15) is 18.9 Å². The molecule has 1 aliphatic rings. The zero-order chi connectivity index (χ0) is 21.7. The van der Waals surface area contributed by atoms with E-state index in [-0.39, 0.29) is 5.56 Å². The van der Waals surface area contributed by atoms with E-state index in [0.717, 1.165) is 42.6 Å². The number of nitrogens with one attached hydrogen (secondary N) is 2. The normalized spacial score (nSPS) is 15.0. The Hall–Kier alpha value is -3.49. The van der Waals surface area contributed by atoms with E-state index >= 15 is 0 Å². The second-order valence-electron chi connectivity index (χ2n) is 8.03. The van der Waals surface area contributed by atoms with E-state index in [1.807, 2.05) is 29.1 Å². The fourth-order valence-electron chi connectivity index (χ4n) is 4.38. The maximum Gasteiger partial charge on any atom is 0.267 e. The van der Waals surface area contributed by atoms with Crippen molar-refractivity contribution < 1.29 is 0 Å². The lowest BCUT2D eigenvalue weighted by Gasteiger charge is -2.22. The fraction of sp³-hybridized carbons (Fsp3) is 0.217. The summed E-state index contributed by atoms with van der Waals surface area (Å²) >= 11 is 6.29. The summed E-state index contributed by atoms with van der Waals surface area (Å²) in [5, 5.41) is 9.69. The second kappa shape index (κ2) is 7.58. The molecular weight excluding hydrogens is 426 g/mol. The molecule has 0 aliphatic carbocycles. The molecule has 0 saturated carbocycles. The quantitative estimate of drug-likeness (QED) is 0.441. The summed E-state index contributed by atoms with van der Waals surface area (Å²) in [5.74, 6) is 0. The Labute approximate surface area is 187 Å². The molecule has 1 fully saturated rings. The zero-order valence-electron chi connectivity index (χ0n) is 17.1. The molecule has 0 unspecified atom stereocenters. The van der Waals surface area contributed by atoms with Gasteiger partial charge in [0.05, 0.1) is 39.5 Å². The van der Waals surface area contributed by atoms with E-state index in [0.29, 0.717) is 33.3 Å².